The summed E-state index contributed by atoms with van der Waals surface area (Å²) in [6.45, 7) is 15.3. The topological polar surface area (TPSA) is 13.0 Å². The first-order valence-corrected chi connectivity index (χ1v) is 10.7. The molecular weight excluding hydrogens is 296 g/mol. The molecule has 0 aromatic heterocycles. The molecular formula is C20H38N4. The lowest BCUT2D eigenvalue weighted by Gasteiger charge is -2.46. The summed E-state index contributed by atoms with van der Waals surface area (Å²) in [6, 6.07) is 3.43. The van der Waals surface area contributed by atoms with Crippen LogP contribution in [0.15, 0.2) is 0 Å². The fourth-order valence-electron chi connectivity index (χ4n) is 5.29. The molecule has 4 nitrogen and oxygen atoms in total. The highest BCUT2D eigenvalue weighted by atomic mass is 15.3. The molecule has 0 aromatic carbocycles. The molecule has 1 aliphatic carbocycles. The third kappa shape index (κ3) is 3.98. The van der Waals surface area contributed by atoms with Crippen LogP contribution in [-0.4, -0.2) is 96.1 Å². The van der Waals surface area contributed by atoms with Crippen LogP contribution in [0.2, 0.25) is 0 Å². The molecule has 138 valence electrons. The van der Waals surface area contributed by atoms with Crippen LogP contribution in [0.1, 0.15) is 52.4 Å². The van der Waals surface area contributed by atoms with Crippen molar-refractivity contribution in [3.63, 3.8) is 0 Å². The predicted molar refractivity (Wildman–Crippen MR) is 100 cm³/mol. The molecule has 3 saturated heterocycles. The highest BCUT2D eigenvalue weighted by molar-refractivity contribution is 4.91. The zero-order chi connectivity index (χ0) is 16.5. The van der Waals surface area contributed by atoms with Crippen LogP contribution in [0.4, 0.5) is 0 Å². The molecule has 4 fully saturated rings. The molecule has 24 heavy (non-hydrogen) atoms. The minimum absolute atomic E-state index is 0.728. The predicted octanol–water partition coefficient (Wildman–Crippen LogP) is 2.10. The van der Waals surface area contributed by atoms with Gasteiger partial charge in [-0.2, -0.15) is 0 Å². The van der Waals surface area contributed by atoms with E-state index in [1.54, 1.807) is 0 Å². The zero-order valence-electron chi connectivity index (χ0n) is 16.0. The first kappa shape index (κ1) is 17.3. The maximum Gasteiger partial charge on any atom is 0.0121 e. The van der Waals surface area contributed by atoms with Crippen LogP contribution < -0.4 is 0 Å². The highest BCUT2D eigenvalue weighted by Crippen LogP contribution is 2.29. The molecule has 3 heterocycles. The van der Waals surface area contributed by atoms with E-state index >= 15 is 0 Å². The van der Waals surface area contributed by atoms with Crippen LogP contribution in [0.5, 0.6) is 0 Å². The molecule has 3 aliphatic heterocycles. The lowest BCUT2D eigenvalue weighted by atomic mass is 9.96. The van der Waals surface area contributed by atoms with Gasteiger partial charge in [-0.3, -0.25) is 9.80 Å². The Labute approximate surface area is 149 Å². The minimum atomic E-state index is 0.728. The number of rotatable bonds is 4. The van der Waals surface area contributed by atoms with Crippen molar-refractivity contribution < 1.29 is 0 Å². The SMILES string of the molecule is CC(C)N1CCC(N2CCC(N3CCN(C4CC4)CC3)CC2)CC1. The smallest absolute Gasteiger partial charge is 0.0121 e. The van der Waals surface area contributed by atoms with E-state index in [0.717, 1.165) is 24.2 Å². The van der Waals surface area contributed by atoms with E-state index in [0.29, 0.717) is 0 Å². The van der Waals surface area contributed by atoms with Gasteiger partial charge in [-0.1, -0.05) is 0 Å². The quantitative estimate of drug-likeness (QED) is 0.780. The average Bonchev–Trinajstić information content (AvgIpc) is 3.47. The number of likely N-dealkylation sites (tertiary alicyclic amines) is 2. The van der Waals surface area contributed by atoms with Crippen LogP contribution in [0.25, 0.3) is 0 Å². The van der Waals surface area contributed by atoms with Gasteiger partial charge in [-0.05, 0) is 78.6 Å². The lowest BCUT2D eigenvalue weighted by molar-refractivity contribution is 0.0290. The number of nitrogens with zero attached hydrogens (tertiary/aromatic N) is 4. The van der Waals surface area contributed by atoms with Crippen molar-refractivity contribution in [3.05, 3.63) is 0 Å². The van der Waals surface area contributed by atoms with Crippen molar-refractivity contribution in [2.45, 2.75) is 76.5 Å². The van der Waals surface area contributed by atoms with Crippen LogP contribution in [-0.2, 0) is 0 Å². The molecule has 0 unspecified atom stereocenters. The van der Waals surface area contributed by atoms with E-state index in [9.17, 15) is 0 Å². The normalized spacial score (nSPS) is 31.1. The summed E-state index contributed by atoms with van der Waals surface area (Å²) in [5.74, 6) is 0. The van der Waals surface area contributed by atoms with E-state index in [1.807, 2.05) is 0 Å². The summed E-state index contributed by atoms with van der Waals surface area (Å²) >= 11 is 0. The van der Waals surface area contributed by atoms with Crippen LogP contribution >= 0.6 is 0 Å². The Hall–Kier alpha value is -0.160. The zero-order valence-corrected chi connectivity index (χ0v) is 16.0. The third-order valence-corrected chi connectivity index (χ3v) is 7.17. The minimum Gasteiger partial charge on any atom is -0.301 e. The van der Waals surface area contributed by atoms with Crippen molar-refractivity contribution in [2.24, 2.45) is 0 Å². The van der Waals surface area contributed by atoms with Gasteiger partial charge in [0.15, 0.2) is 0 Å². The number of piperazine rings is 1. The number of hydrogen-bond acceptors (Lipinski definition) is 4. The van der Waals surface area contributed by atoms with E-state index < -0.39 is 0 Å². The van der Waals surface area contributed by atoms with Gasteiger partial charge in [0.25, 0.3) is 0 Å². The van der Waals surface area contributed by atoms with Gasteiger partial charge >= 0.3 is 0 Å². The summed E-state index contributed by atoms with van der Waals surface area (Å²) in [6.07, 6.45) is 8.54. The Morgan fingerprint density at radius 2 is 0.875 bits per heavy atom. The lowest BCUT2D eigenvalue weighted by Crippen LogP contribution is -2.55. The van der Waals surface area contributed by atoms with Gasteiger partial charge in [-0.25, -0.2) is 0 Å². The highest BCUT2D eigenvalue weighted by Gasteiger charge is 2.35. The summed E-state index contributed by atoms with van der Waals surface area (Å²) in [5.41, 5.74) is 0. The summed E-state index contributed by atoms with van der Waals surface area (Å²) in [5, 5.41) is 0. The fourth-order valence-corrected chi connectivity index (χ4v) is 5.29. The average molecular weight is 335 g/mol. The van der Waals surface area contributed by atoms with E-state index in [-0.39, 0.29) is 0 Å². The first-order valence-electron chi connectivity index (χ1n) is 10.7. The van der Waals surface area contributed by atoms with Crippen LogP contribution in [0, 0.1) is 0 Å². The third-order valence-electron chi connectivity index (χ3n) is 7.17. The molecule has 0 atom stereocenters. The Morgan fingerprint density at radius 3 is 1.29 bits per heavy atom. The van der Waals surface area contributed by atoms with Crippen molar-refractivity contribution in [2.75, 3.05) is 52.4 Å². The summed E-state index contributed by atoms with van der Waals surface area (Å²) < 4.78 is 0. The molecule has 0 radical (unpaired) electrons. The maximum atomic E-state index is 2.83. The van der Waals surface area contributed by atoms with Gasteiger partial charge in [0, 0.05) is 50.3 Å². The van der Waals surface area contributed by atoms with Crippen LogP contribution in [0.3, 0.4) is 0 Å². The second-order valence-corrected chi connectivity index (χ2v) is 8.93. The summed E-state index contributed by atoms with van der Waals surface area (Å²) in [7, 11) is 0. The van der Waals surface area contributed by atoms with E-state index in [1.165, 1.54) is 90.9 Å². The molecule has 0 aromatic rings. The molecule has 1 saturated carbocycles. The van der Waals surface area contributed by atoms with Crippen molar-refractivity contribution >= 4 is 0 Å². The van der Waals surface area contributed by atoms with Crippen molar-refractivity contribution in [1.82, 2.24) is 19.6 Å². The number of piperidine rings is 2. The van der Waals surface area contributed by atoms with Crippen molar-refractivity contribution in [3.8, 4) is 0 Å². The molecule has 0 bridgehead atoms. The van der Waals surface area contributed by atoms with Gasteiger partial charge in [0.2, 0.25) is 0 Å². The van der Waals surface area contributed by atoms with Gasteiger partial charge in [-0.15, -0.1) is 0 Å². The second kappa shape index (κ2) is 7.61. The Kier molecular flexibility index (Phi) is 5.47. The Morgan fingerprint density at radius 1 is 0.500 bits per heavy atom. The molecule has 0 amide bonds. The summed E-state index contributed by atoms with van der Waals surface area (Å²) in [4.78, 5) is 11.0. The largest absolute Gasteiger partial charge is 0.301 e. The Bertz CT molecular complexity index is 354. The molecule has 4 aliphatic rings. The molecule has 4 rings (SSSR count). The second-order valence-electron chi connectivity index (χ2n) is 8.93. The first-order chi connectivity index (χ1) is 11.7. The van der Waals surface area contributed by atoms with E-state index in [4.69, 9.17) is 0 Å². The van der Waals surface area contributed by atoms with Gasteiger partial charge in [0.05, 0.1) is 0 Å². The van der Waals surface area contributed by atoms with Gasteiger partial charge in [0.1, 0.15) is 0 Å². The maximum absolute atomic E-state index is 2.83. The van der Waals surface area contributed by atoms with E-state index in [2.05, 4.69) is 33.4 Å². The molecule has 0 spiro atoms. The fraction of sp³-hybridized carbons (Fsp3) is 1.00. The molecule has 4 heteroatoms. The standard InChI is InChI=1S/C20H38N4/c1-17(2)21-9-5-19(6-10-21)22-11-7-20(8-12-22)24-15-13-23(14-16-24)18-3-4-18/h17-20H,3-16H2,1-2H3. The number of hydrogen-bond donors (Lipinski definition) is 0. The monoisotopic (exact) mass is 334 g/mol. The molecule has 0 N–H and O–H groups in total. The Balaban J connectivity index is 1.18. The van der Waals surface area contributed by atoms with Crippen molar-refractivity contribution in [1.29, 1.82) is 0 Å². The van der Waals surface area contributed by atoms with Gasteiger partial charge < -0.3 is 9.80 Å².